The van der Waals surface area contributed by atoms with Gasteiger partial charge in [-0.05, 0) is 195 Å². The van der Waals surface area contributed by atoms with Crippen LogP contribution < -0.4 is 21.3 Å². The summed E-state index contributed by atoms with van der Waals surface area (Å²) in [5, 5.41) is 11.7. The van der Waals surface area contributed by atoms with Gasteiger partial charge in [-0.1, -0.05) is 206 Å². The monoisotopic (exact) mass is 1160 g/mol. The molecule has 0 bridgehead atoms. The molecule has 9 heteroatoms. The van der Waals surface area contributed by atoms with Gasteiger partial charge in [-0.15, -0.1) is 0 Å². The Morgan fingerprint density at radius 2 is 1.02 bits per heavy atom. The van der Waals surface area contributed by atoms with Gasteiger partial charge in [0, 0.05) is 31.7 Å². The maximum absolute atomic E-state index is 14.1. The van der Waals surface area contributed by atoms with Gasteiger partial charge in [-0.25, -0.2) is 0 Å². The molecule has 0 spiro atoms. The number of carbonyl (C=O) groups excluding carboxylic acids is 5. The molecule has 0 aliphatic heterocycles. The number of hydrogen-bond donors (Lipinski definition) is 4. The lowest BCUT2D eigenvalue weighted by atomic mass is 9.72. The molecule has 0 fully saturated rings. The third-order valence-electron chi connectivity index (χ3n) is 16.4. The first-order chi connectivity index (χ1) is 40.1. The molecule has 0 saturated carbocycles. The van der Waals surface area contributed by atoms with E-state index in [1.54, 1.807) is 12.2 Å². The smallest absolute Gasteiger partial charge is 0.244 e. The molecular formula is C76H114N4O5. The Labute approximate surface area is 517 Å². The second-order valence-corrected chi connectivity index (χ2v) is 26.1. The summed E-state index contributed by atoms with van der Waals surface area (Å²) in [6.45, 7) is 39.2. The molecule has 4 N–H and O–H groups in total. The Morgan fingerprint density at radius 3 is 1.53 bits per heavy atom. The van der Waals surface area contributed by atoms with Crippen LogP contribution in [0.2, 0.25) is 0 Å². The Kier molecular flexibility index (Phi) is 34.6. The Balaban J connectivity index is 2.13. The average Bonchev–Trinajstić information content (AvgIpc) is 3.01. The van der Waals surface area contributed by atoms with E-state index in [0.29, 0.717) is 70.0 Å². The lowest BCUT2D eigenvalue weighted by Crippen LogP contribution is -2.53. The van der Waals surface area contributed by atoms with Crippen molar-refractivity contribution in [3.8, 4) is 0 Å². The summed E-state index contributed by atoms with van der Waals surface area (Å²) in [6.07, 6.45) is 51.3. The highest BCUT2D eigenvalue weighted by molar-refractivity contribution is 5.95. The van der Waals surface area contributed by atoms with E-state index >= 15 is 0 Å². The Hall–Kier alpha value is -6.35. The SMILES string of the molecule is C=C(/C=C/C(C)=C/C=C/C(C)=C/C(=O)CCCCCC(NC(=O)/C=C(C)/C=C/C=C(C)/C=C/C1=C(C)CCCC1(C)C)C(=O)NC(CCCCNC(=O)/C=C(C)/C=C/C=C(C)/C=C/C1=C(C)CCCC1(C)C)C(=O)NCC)C(C)(C)CCCCC. The van der Waals surface area contributed by atoms with Crippen molar-refractivity contribution in [1.29, 1.82) is 0 Å². The molecule has 0 aromatic rings. The normalized spacial score (nSPS) is 17.7. The van der Waals surface area contributed by atoms with Crippen LogP contribution in [0.5, 0.6) is 0 Å². The van der Waals surface area contributed by atoms with Gasteiger partial charge in [-0.2, -0.15) is 0 Å². The molecule has 0 aromatic heterocycles. The molecule has 468 valence electrons. The van der Waals surface area contributed by atoms with E-state index in [2.05, 4.69) is 147 Å². The van der Waals surface area contributed by atoms with Crippen LogP contribution >= 0.6 is 0 Å². The fourth-order valence-corrected chi connectivity index (χ4v) is 10.9. The molecule has 0 aromatic carbocycles. The molecule has 4 amide bonds. The molecule has 85 heavy (non-hydrogen) atoms. The van der Waals surface area contributed by atoms with E-state index in [1.807, 2.05) is 82.4 Å². The molecular weight excluding hydrogens is 1050 g/mol. The lowest BCUT2D eigenvalue weighted by Gasteiger charge is -2.33. The summed E-state index contributed by atoms with van der Waals surface area (Å²) in [4.78, 5) is 67.0. The number of carbonyl (C=O) groups is 5. The Bertz CT molecular complexity index is 2710. The molecule has 2 aliphatic carbocycles. The van der Waals surface area contributed by atoms with E-state index in [4.69, 9.17) is 0 Å². The van der Waals surface area contributed by atoms with Gasteiger partial charge >= 0.3 is 0 Å². The minimum absolute atomic E-state index is 0.0276. The fraction of sp³-hybridized carbons (Fsp3) is 0.539. The van der Waals surface area contributed by atoms with Crippen LogP contribution in [-0.2, 0) is 24.0 Å². The topological polar surface area (TPSA) is 133 Å². The lowest BCUT2D eigenvalue weighted by molar-refractivity contribution is -0.131. The number of unbranched alkanes of at least 4 members (excludes halogenated alkanes) is 5. The average molecular weight is 1160 g/mol. The van der Waals surface area contributed by atoms with Crippen molar-refractivity contribution in [2.75, 3.05) is 13.1 Å². The number of nitrogens with one attached hydrogen (secondary N) is 4. The second-order valence-electron chi connectivity index (χ2n) is 26.1. The first-order valence-corrected chi connectivity index (χ1v) is 32.0. The standard InChI is InChI=1S/C76H114N4O5/c1-18-20-25-49-74(12,13)64(11)46-43-56(3)32-27-35-59(6)53-65(81)40-22-21-23-41-69(79-71(83)55-61(8)37-29-34-58(5)45-48-67-63(10)39-31-51-76(67,16)17)73(85)80-68(72(84)77-19-2)42-24-26-52-78-70(82)54-60(7)36-28-33-57(4)44-47-66-62(9)38-30-50-75(66,14)15/h27-29,32-37,43-48,53-55,68-69H,11,18-26,30-31,38-42,49-52H2,1-10,12-17H3,(H,77,84)(H,78,82)(H,79,83)(H,80,85)/b35-27+,36-28+,37-29+,46-43+,47-44+,48-45+,56-32+,57-33+,58-34+,59-53+,60-54+,61-55+. The van der Waals surface area contributed by atoms with E-state index in [0.717, 1.165) is 52.7 Å². The summed E-state index contributed by atoms with van der Waals surface area (Å²) in [7, 11) is 0. The van der Waals surface area contributed by atoms with E-state index in [9.17, 15) is 24.0 Å². The van der Waals surface area contributed by atoms with Crippen LogP contribution in [0.15, 0.2) is 177 Å². The molecule has 2 atom stereocenters. The highest BCUT2D eigenvalue weighted by Crippen LogP contribution is 2.42. The molecule has 2 unspecified atom stereocenters. The van der Waals surface area contributed by atoms with Gasteiger partial charge in [0.2, 0.25) is 23.6 Å². The Morgan fingerprint density at radius 1 is 0.541 bits per heavy atom. The summed E-state index contributed by atoms with van der Waals surface area (Å²) in [5.41, 5.74) is 13.0. The van der Waals surface area contributed by atoms with E-state index < -0.39 is 23.9 Å². The number of hydrogen-bond acceptors (Lipinski definition) is 5. The van der Waals surface area contributed by atoms with Crippen molar-refractivity contribution in [1.82, 2.24) is 21.3 Å². The third-order valence-corrected chi connectivity index (χ3v) is 16.4. The van der Waals surface area contributed by atoms with Crippen molar-refractivity contribution >= 4 is 29.4 Å². The van der Waals surface area contributed by atoms with Gasteiger partial charge in [0.25, 0.3) is 0 Å². The number of ketones is 1. The van der Waals surface area contributed by atoms with Crippen molar-refractivity contribution < 1.29 is 24.0 Å². The van der Waals surface area contributed by atoms with Crippen LogP contribution in [0.4, 0.5) is 0 Å². The second kappa shape index (κ2) is 39.4. The maximum atomic E-state index is 14.1. The fourth-order valence-electron chi connectivity index (χ4n) is 10.9. The zero-order valence-corrected chi connectivity index (χ0v) is 55.9. The van der Waals surface area contributed by atoms with Gasteiger partial charge in [0.1, 0.15) is 12.1 Å². The molecule has 2 rings (SSSR count). The van der Waals surface area contributed by atoms with Gasteiger partial charge < -0.3 is 21.3 Å². The van der Waals surface area contributed by atoms with Crippen LogP contribution in [0.25, 0.3) is 0 Å². The van der Waals surface area contributed by atoms with Gasteiger partial charge in [0.15, 0.2) is 5.78 Å². The largest absolute Gasteiger partial charge is 0.355 e. The van der Waals surface area contributed by atoms with Crippen LogP contribution in [0.1, 0.15) is 226 Å². The van der Waals surface area contributed by atoms with Crippen molar-refractivity contribution in [2.45, 2.75) is 238 Å². The minimum atomic E-state index is -0.925. The van der Waals surface area contributed by atoms with Crippen molar-refractivity contribution in [3.63, 3.8) is 0 Å². The van der Waals surface area contributed by atoms with E-state index in [1.165, 1.54) is 73.3 Å². The summed E-state index contributed by atoms with van der Waals surface area (Å²) in [6, 6.07) is -1.77. The molecule has 9 nitrogen and oxygen atoms in total. The van der Waals surface area contributed by atoms with Gasteiger partial charge in [0.05, 0.1) is 0 Å². The van der Waals surface area contributed by atoms with E-state index in [-0.39, 0.29) is 33.8 Å². The zero-order chi connectivity index (χ0) is 63.6. The molecule has 0 heterocycles. The predicted molar refractivity (Wildman–Crippen MR) is 363 cm³/mol. The zero-order valence-electron chi connectivity index (χ0n) is 55.9. The summed E-state index contributed by atoms with van der Waals surface area (Å²) in [5.74, 6) is -1.36. The number of rotatable bonds is 36. The minimum Gasteiger partial charge on any atom is -0.355 e. The van der Waals surface area contributed by atoms with Gasteiger partial charge in [-0.3, -0.25) is 24.0 Å². The highest BCUT2D eigenvalue weighted by atomic mass is 16.2. The van der Waals surface area contributed by atoms with Crippen LogP contribution in [-0.4, -0.2) is 54.6 Å². The highest BCUT2D eigenvalue weighted by Gasteiger charge is 2.29. The number of likely N-dealkylation sites (N-methyl/N-ethyl adjacent to an activating group) is 1. The van der Waals surface area contributed by atoms with Crippen LogP contribution in [0, 0.1) is 16.2 Å². The predicted octanol–water partition coefficient (Wildman–Crippen LogP) is 18.1. The molecule has 0 saturated heterocycles. The number of amides is 4. The summed E-state index contributed by atoms with van der Waals surface area (Å²) < 4.78 is 0. The number of allylic oxidation sites excluding steroid dienone is 27. The quantitative estimate of drug-likeness (QED) is 0.0282. The van der Waals surface area contributed by atoms with Crippen LogP contribution in [0.3, 0.4) is 0 Å². The first kappa shape index (κ1) is 74.7. The molecule has 2 aliphatic rings. The maximum Gasteiger partial charge on any atom is 0.244 e. The first-order valence-electron chi connectivity index (χ1n) is 32.0. The third kappa shape index (κ3) is 31.0. The van der Waals surface area contributed by atoms with Crippen molar-refractivity contribution in [2.24, 2.45) is 16.2 Å². The molecule has 0 radical (unpaired) electrons. The summed E-state index contributed by atoms with van der Waals surface area (Å²) >= 11 is 0. The van der Waals surface area contributed by atoms with Crippen molar-refractivity contribution in [3.05, 3.63) is 177 Å².